The first-order valence-corrected chi connectivity index (χ1v) is 12.7. The number of aromatic nitrogens is 1. The van der Waals surface area contributed by atoms with Gasteiger partial charge in [0.05, 0.1) is 10.00 Å². The number of anilines is 1. The van der Waals surface area contributed by atoms with Gasteiger partial charge < -0.3 is 10.2 Å². The molecule has 2 heterocycles. The van der Waals surface area contributed by atoms with Crippen LogP contribution in [0.15, 0.2) is 66.1 Å². The fourth-order valence-corrected chi connectivity index (χ4v) is 5.35. The van der Waals surface area contributed by atoms with Crippen molar-refractivity contribution in [2.75, 3.05) is 18.4 Å². The number of benzene rings is 2. The number of para-hydroxylation sites is 1. The molecule has 4 nitrogen and oxygen atoms in total. The van der Waals surface area contributed by atoms with E-state index < -0.39 is 0 Å². The van der Waals surface area contributed by atoms with Gasteiger partial charge in [0.1, 0.15) is 11.5 Å². The number of allylic oxidation sites excluding steroid dienone is 1. The summed E-state index contributed by atoms with van der Waals surface area (Å²) in [7, 11) is 0. The molecule has 1 saturated heterocycles. The molecular weight excluding hydrogens is 465 g/mol. The summed E-state index contributed by atoms with van der Waals surface area (Å²) in [5.41, 5.74) is 3.93. The summed E-state index contributed by atoms with van der Waals surface area (Å²) >= 11 is 7.14. The van der Waals surface area contributed by atoms with E-state index in [4.69, 9.17) is 12.2 Å². The Morgan fingerprint density at radius 2 is 1.88 bits per heavy atom. The third-order valence-electron chi connectivity index (χ3n) is 6.05. The Hall–Kier alpha value is -2.90. The number of carbonyl (C=O) groups is 1. The number of piperidine rings is 1. The van der Waals surface area contributed by atoms with Crippen LogP contribution in [0.4, 0.5) is 10.1 Å². The fourth-order valence-electron chi connectivity index (χ4n) is 4.09. The smallest absolute Gasteiger partial charge is 0.275 e. The van der Waals surface area contributed by atoms with E-state index in [9.17, 15) is 9.18 Å². The minimum atomic E-state index is -0.292. The summed E-state index contributed by atoms with van der Waals surface area (Å²) in [5, 5.41) is 5.81. The van der Waals surface area contributed by atoms with Gasteiger partial charge >= 0.3 is 0 Å². The van der Waals surface area contributed by atoms with Crippen molar-refractivity contribution in [3.8, 4) is 11.1 Å². The van der Waals surface area contributed by atoms with E-state index >= 15 is 0 Å². The number of hydrogen-bond acceptors (Lipinski definition) is 4. The average Bonchev–Trinajstić information content (AvgIpc) is 3.34. The molecule has 1 N–H and O–H groups in total. The highest BCUT2D eigenvalue weighted by Gasteiger charge is 2.25. The molecule has 1 fully saturated rings. The van der Waals surface area contributed by atoms with Crippen LogP contribution < -0.4 is 5.32 Å². The van der Waals surface area contributed by atoms with Gasteiger partial charge in [-0.2, -0.15) is 0 Å². The van der Waals surface area contributed by atoms with Gasteiger partial charge in [0.25, 0.3) is 5.91 Å². The van der Waals surface area contributed by atoms with Crippen LogP contribution >= 0.6 is 23.6 Å². The minimum Gasteiger partial charge on any atom is -0.366 e. The molecule has 7 heteroatoms. The first kappa shape index (κ1) is 24.2. The standard InChI is InChI=1S/C27H28FN3OS2/c1-18(2)7-12-25(33)31-15-13-20(14-16-31)27-30-24(17-34-27)26(32)29-23-6-4-3-5-22(23)19-8-10-21(28)11-9-19/h3-6,8-11,17,20H,1,7,12-16H2,2H3,(H,29,32). The maximum Gasteiger partial charge on any atom is 0.275 e. The van der Waals surface area contributed by atoms with Crippen molar-refractivity contribution in [1.29, 1.82) is 0 Å². The van der Waals surface area contributed by atoms with Gasteiger partial charge in [0, 0.05) is 42.1 Å². The summed E-state index contributed by atoms with van der Waals surface area (Å²) in [6, 6.07) is 13.8. The Bertz CT molecular complexity index is 1180. The van der Waals surface area contributed by atoms with Crippen molar-refractivity contribution in [2.24, 2.45) is 0 Å². The minimum absolute atomic E-state index is 0.240. The lowest BCUT2D eigenvalue weighted by atomic mass is 9.97. The lowest BCUT2D eigenvalue weighted by molar-refractivity contribution is 0.102. The lowest BCUT2D eigenvalue weighted by Crippen LogP contribution is -2.36. The Morgan fingerprint density at radius 1 is 1.18 bits per heavy atom. The van der Waals surface area contributed by atoms with Crippen LogP contribution in [0.25, 0.3) is 11.1 Å². The number of carbonyl (C=O) groups excluding carboxylic acids is 1. The predicted octanol–water partition coefficient (Wildman–Crippen LogP) is 7.06. The molecule has 0 spiro atoms. The molecule has 176 valence electrons. The van der Waals surface area contributed by atoms with Crippen molar-refractivity contribution in [3.05, 3.63) is 82.6 Å². The number of thiazole rings is 1. The Morgan fingerprint density at radius 3 is 2.59 bits per heavy atom. The number of rotatable bonds is 7. The summed E-state index contributed by atoms with van der Waals surface area (Å²) < 4.78 is 13.3. The van der Waals surface area contributed by atoms with Gasteiger partial charge in [-0.15, -0.1) is 17.9 Å². The van der Waals surface area contributed by atoms with Gasteiger partial charge in [-0.1, -0.05) is 48.1 Å². The molecule has 2 aromatic carbocycles. The highest BCUT2D eigenvalue weighted by atomic mass is 32.1. The Kier molecular flexibility index (Phi) is 7.85. The highest BCUT2D eigenvalue weighted by molar-refractivity contribution is 7.80. The summed E-state index contributed by atoms with van der Waals surface area (Å²) in [5.74, 6) is -0.187. The Balaban J connectivity index is 1.38. The van der Waals surface area contributed by atoms with E-state index in [1.807, 2.05) is 36.6 Å². The quantitative estimate of drug-likeness (QED) is 0.283. The van der Waals surface area contributed by atoms with Crippen LogP contribution in [0.5, 0.6) is 0 Å². The van der Waals surface area contributed by atoms with Crippen LogP contribution in [0.2, 0.25) is 0 Å². The van der Waals surface area contributed by atoms with Crippen LogP contribution in [0.1, 0.15) is 54.0 Å². The second-order valence-electron chi connectivity index (χ2n) is 8.69. The summed E-state index contributed by atoms with van der Waals surface area (Å²) in [6.45, 7) is 7.84. The van der Waals surface area contributed by atoms with Crippen molar-refractivity contribution >= 4 is 40.1 Å². The molecule has 0 radical (unpaired) electrons. The van der Waals surface area contributed by atoms with Crippen LogP contribution in [0, 0.1) is 5.82 Å². The number of nitrogens with one attached hydrogen (secondary N) is 1. The lowest BCUT2D eigenvalue weighted by Gasteiger charge is -2.33. The first-order valence-electron chi connectivity index (χ1n) is 11.4. The van der Waals surface area contributed by atoms with Crippen molar-refractivity contribution in [2.45, 2.75) is 38.5 Å². The second kappa shape index (κ2) is 11.0. The molecule has 0 aliphatic carbocycles. The van der Waals surface area contributed by atoms with E-state index in [1.54, 1.807) is 23.5 Å². The highest BCUT2D eigenvalue weighted by Crippen LogP contribution is 2.32. The second-order valence-corrected chi connectivity index (χ2v) is 10.1. The zero-order valence-corrected chi connectivity index (χ0v) is 20.9. The average molecular weight is 494 g/mol. The number of likely N-dealkylation sites (tertiary alicyclic amines) is 1. The van der Waals surface area contributed by atoms with E-state index in [0.29, 0.717) is 17.3 Å². The van der Waals surface area contributed by atoms with E-state index in [-0.39, 0.29) is 11.7 Å². The summed E-state index contributed by atoms with van der Waals surface area (Å²) in [4.78, 5) is 20.9. The molecule has 1 aliphatic rings. The van der Waals surface area contributed by atoms with Gasteiger partial charge in [-0.05, 0) is 49.9 Å². The van der Waals surface area contributed by atoms with Gasteiger partial charge in [0.2, 0.25) is 0 Å². The molecule has 0 atom stereocenters. The van der Waals surface area contributed by atoms with Crippen LogP contribution in [0.3, 0.4) is 0 Å². The third kappa shape index (κ3) is 5.96. The zero-order chi connectivity index (χ0) is 24.1. The normalized spacial score (nSPS) is 14.1. The number of halogens is 1. The van der Waals surface area contributed by atoms with Gasteiger partial charge in [0.15, 0.2) is 0 Å². The Labute approximate surface area is 209 Å². The van der Waals surface area contributed by atoms with E-state index in [2.05, 4.69) is 21.8 Å². The number of amides is 1. The molecule has 1 aromatic heterocycles. The third-order valence-corrected chi connectivity index (χ3v) is 7.52. The number of nitrogens with zero attached hydrogens (tertiary/aromatic N) is 2. The van der Waals surface area contributed by atoms with Crippen molar-refractivity contribution in [3.63, 3.8) is 0 Å². The molecule has 0 saturated carbocycles. The summed E-state index contributed by atoms with van der Waals surface area (Å²) in [6.07, 6.45) is 3.79. The molecule has 1 amide bonds. The van der Waals surface area contributed by atoms with Crippen molar-refractivity contribution in [1.82, 2.24) is 9.88 Å². The molecule has 34 heavy (non-hydrogen) atoms. The topological polar surface area (TPSA) is 45.2 Å². The fraction of sp³-hybridized carbons (Fsp3) is 0.296. The van der Waals surface area contributed by atoms with Crippen molar-refractivity contribution < 1.29 is 9.18 Å². The monoisotopic (exact) mass is 493 g/mol. The molecule has 4 rings (SSSR count). The van der Waals surface area contributed by atoms with E-state index in [1.165, 1.54) is 12.1 Å². The zero-order valence-electron chi connectivity index (χ0n) is 19.2. The molecule has 1 aliphatic heterocycles. The molecular formula is C27H28FN3OS2. The van der Waals surface area contributed by atoms with Gasteiger partial charge in [-0.3, -0.25) is 4.79 Å². The van der Waals surface area contributed by atoms with Crippen LogP contribution in [-0.2, 0) is 0 Å². The van der Waals surface area contributed by atoms with Crippen LogP contribution in [-0.4, -0.2) is 33.9 Å². The SMILES string of the molecule is C=C(C)CCC(=S)N1CCC(c2nc(C(=O)Nc3ccccc3-c3ccc(F)cc3)cs2)CC1. The largest absolute Gasteiger partial charge is 0.366 e. The first-order chi connectivity index (χ1) is 16.4. The predicted molar refractivity (Wildman–Crippen MR) is 142 cm³/mol. The maximum absolute atomic E-state index is 13.3. The maximum atomic E-state index is 13.3. The number of thiocarbonyl (C=S) groups is 1. The number of hydrogen-bond donors (Lipinski definition) is 1. The molecule has 0 unspecified atom stereocenters. The van der Waals surface area contributed by atoms with Gasteiger partial charge in [-0.25, -0.2) is 9.37 Å². The molecule has 0 bridgehead atoms. The molecule has 3 aromatic rings. The van der Waals surface area contributed by atoms with E-state index in [0.717, 1.165) is 65.5 Å².